The van der Waals surface area contributed by atoms with E-state index in [9.17, 15) is 13.2 Å². The molecule has 2 saturated heterocycles. The summed E-state index contributed by atoms with van der Waals surface area (Å²) in [5.41, 5.74) is 0. The van der Waals surface area contributed by atoms with Gasteiger partial charge in [-0.05, 0) is 51.7 Å². The Hall–Kier alpha value is -0.960. The van der Waals surface area contributed by atoms with Crippen LogP contribution < -0.4 is 5.32 Å². The Bertz CT molecular complexity index is 708. The van der Waals surface area contributed by atoms with Gasteiger partial charge in [0.2, 0.25) is 0 Å². The van der Waals surface area contributed by atoms with E-state index in [1.165, 1.54) is 11.3 Å². The first-order valence-corrected chi connectivity index (χ1v) is 11.2. The minimum atomic E-state index is -3.38. The van der Waals surface area contributed by atoms with Crippen molar-refractivity contribution in [3.63, 3.8) is 0 Å². The van der Waals surface area contributed by atoms with Crippen LogP contribution in [0.5, 0.6) is 0 Å². The fourth-order valence-electron chi connectivity index (χ4n) is 3.61. The molecule has 2 aliphatic heterocycles. The molecule has 1 aromatic rings. The molecule has 0 radical (unpaired) electrons. The fourth-order valence-corrected chi connectivity index (χ4v) is 6.27. The molecular formula is C17H27N3O3S2. The lowest BCUT2D eigenvalue weighted by Gasteiger charge is -2.39. The molecule has 0 saturated carbocycles. The van der Waals surface area contributed by atoms with Crippen molar-refractivity contribution in [1.82, 2.24) is 13.9 Å². The Labute approximate surface area is 154 Å². The molecule has 0 aliphatic carbocycles. The lowest BCUT2D eigenvalue weighted by molar-refractivity contribution is 0.0927. The number of hydrogen-bond donors (Lipinski definition) is 1. The molecule has 3 rings (SSSR count). The average molecular weight is 386 g/mol. The minimum absolute atomic E-state index is 0.0418. The van der Waals surface area contributed by atoms with E-state index in [0.717, 1.165) is 29.0 Å². The molecule has 0 spiro atoms. The number of amides is 1. The summed E-state index contributed by atoms with van der Waals surface area (Å²) in [4.78, 5) is 14.1. The third kappa shape index (κ3) is 4.24. The number of carbonyl (C=O) groups is 1. The number of thiophene rings is 1. The summed E-state index contributed by atoms with van der Waals surface area (Å²) in [5.74, 6) is -0.0518. The summed E-state index contributed by atoms with van der Waals surface area (Å²) < 4.78 is 29.0. The first-order valence-electron chi connectivity index (χ1n) is 9.02. The van der Waals surface area contributed by atoms with E-state index < -0.39 is 10.2 Å². The van der Waals surface area contributed by atoms with Crippen molar-refractivity contribution in [1.29, 1.82) is 0 Å². The van der Waals surface area contributed by atoms with Crippen molar-refractivity contribution < 1.29 is 13.2 Å². The molecular weight excluding hydrogens is 358 g/mol. The van der Waals surface area contributed by atoms with Crippen molar-refractivity contribution in [2.24, 2.45) is 0 Å². The zero-order valence-electron chi connectivity index (χ0n) is 14.9. The second kappa shape index (κ2) is 7.73. The van der Waals surface area contributed by atoms with Gasteiger partial charge in [-0.3, -0.25) is 4.79 Å². The predicted octanol–water partition coefficient (Wildman–Crippen LogP) is 2.37. The number of carbonyl (C=O) groups excluding carboxylic acids is 1. The lowest BCUT2D eigenvalue weighted by Crippen LogP contribution is -2.53. The highest BCUT2D eigenvalue weighted by Crippen LogP contribution is 2.25. The molecule has 2 fully saturated rings. The number of nitrogens with zero attached hydrogens (tertiary/aromatic N) is 2. The van der Waals surface area contributed by atoms with Gasteiger partial charge in [-0.1, -0.05) is 6.42 Å². The highest BCUT2D eigenvalue weighted by atomic mass is 32.2. The van der Waals surface area contributed by atoms with Crippen molar-refractivity contribution in [2.75, 3.05) is 19.6 Å². The smallest absolute Gasteiger partial charge is 0.282 e. The first kappa shape index (κ1) is 18.8. The first-order chi connectivity index (χ1) is 11.9. The lowest BCUT2D eigenvalue weighted by atomic mass is 10.1. The Balaban J connectivity index is 1.55. The van der Waals surface area contributed by atoms with Gasteiger partial charge in [0.25, 0.3) is 16.1 Å². The molecule has 1 N–H and O–H groups in total. The van der Waals surface area contributed by atoms with Gasteiger partial charge in [-0.15, -0.1) is 11.3 Å². The largest absolute Gasteiger partial charge is 0.349 e. The maximum absolute atomic E-state index is 12.9. The van der Waals surface area contributed by atoms with Gasteiger partial charge in [0.05, 0.1) is 4.88 Å². The molecule has 0 aromatic carbocycles. The molecule has 1 atom stereocenters. The summed E-state index contributed by atoms with van der Waals surface area (Å²) in [5, 5.41) is 3.05. The van der Waals surface area contributed by atoms with Crippen LogP contribution in [-0.4, -0.2) is 54.7 Å². The number of aryl methyl sites for hydroxylation is 1. The van der Waals surface area contributed by atoms with Gasteiger partial charge >= 0.3 is 0 Å². The van der Waals surface area contributed by atoms with E-state index in [2.05, 4.69) is 5.32 Å². The third-order valence-electron chi connectivity index (χ3n) is 5.12. The van der Waals surface area contributed by atoms with Gasteiger partial charge in [0, 0.05) is 36.6 Å². The molecule has 3 heterocycles. The Morgan fingerprint density at radius 3 is 2.48 bits per heavy atom. The maximum atomic E-state index is 12.9. The van der Waals surface area contributed by atoms with Crippen LogP contribution in [0.3, 0.4) is 0 Å². The number of hydrogen-bond acceptors (Lipinski definition) is 4. The molecule has 2 aliphatic rings. The Morgan fingerprint density at radius 2 is 1.88 bits per heavy atom. The zero-order valence-corrected chi connectivity index (χ0v) is 16.5. The Kier molecular flexibility index (Phi) is 5.82. The monoisotopic (exact) mass is 385 g/mol. The highest BCUT2D eigenvalue weighted by molar-refractivity contribution is 7.86. The Morgan fingerprint density at radius 1 is 1.16 bits per heavy atom. The van der Waals surface area contributed by atoms with E-state index in [1.54, 1.807) is 8.61 Å². The fraction of sp³-hybridized carbons (Fsp3) is 0.706. The van der Waals surface area contributed by atoms with Gasteiger partial charge in [0.15, 0.2) is 0 Å². The van der Waals surface area contributed by atoms with Crippen LogP contribution in [0, 0.1) is 6.92 Å². The SMILES string of the molecule is Cc1ccc(C(=O)NC2CCN(S(=O)(=O)N3CCCCC3C)CC2)s1. The standard InChI is InChI=1S/C17H27N3O3S2/c1-13-5-3-4-10-20(13)25(22,23)19-11-8-15(9-12-19)18-17(21)16-7-6-14(2)24-16/h6-7,13,15H,3-5,8-12H2,1-2H3,(H,18,21). The van der Waals surface area contributed by atoms with Crippen LogP contribution in [0.15, 0.2) is 12.1 Å². The summed E-state index contributed by atoms with van der Waals surface area (Å²) >= 11 is 1.48. The molecule has 25 heavy (non-hydrogen) atoms. The third-order valence-corrected chi connectivity index (χ3v) is 8.27. The molecule has 1 aromatic heterocycles. The normalized spacial score (nSPS) is 24.3. The van der Waals surface area contributed by atoms with E-state index in [-0.39, 0.29) is 18.0 Å². The van der Waals surface area contributed by atoms with Crippen molar-refractivity contribution in [3.8, 4) is 0 Å². The van der Waals surface area contributed by atoms with Crippen molar-refractivity contribution in [3.05, 3.63) is 21.9 Å². The number of nitrogens with one attached hydrogen (secondary N) is 1. The highest BCUT2D eigenvalue weighted by Gasteiger charge is 2.36. The zero-order chi connectivity index (χ0) is 18.0. The summed E-state index contributed by atoms with van der Waals surface area (Å²) in [6.07, 6.45) is 4.31. The van der Waals surface area contributed by atoms with Gasteiger partial charge in [-0.25, -0.2) is 0 Å². The van der Waals surface area contributed by atoms with Gasteiger partial charge in [-0.2, -0.15) is 17.0 Å². The number of piperidine rings is 2. The van der Waals surface area contributed by atoms with Gasteiger partial charge in [0.1, 0.15) is 0 Å². The molecule has 1 unspecified atom stereocenters. The van der Waals surface area contributed by atoms with Gasteiger partial charge < -0.3 is 5.32 Å². The molecule has 1 amide bonds. The van der Waals surface area contributed by atoms with Crippen LogP contribution >= 0.6 is 11.3 Å². The van der Waals surface area contributed by atoms with Crippen molar-refractivity contribution >= 4 is 27.5 Å². The summed E-state index contributed by atoms with van der Waals surface area (Å²) in [6.45, 7) is 5.54. The van der Waals surface area contributed by atoms with Crippen LogP contribution in [-0.2, 0) is 10.2 Å². The van der Waals surface area contributed by atoms with Crippen LogP contribution in [0.25, 0.3) is 0 Å². The topological polar surface area (TPSA) is 69.7 Å². The van der Waals surface area contributed by atoms with Crippen molar-refractivity contribution in [2.45, 2.75) is 58.0 Å². The van der Waals surface area contributed by atoms with Crippen LogP contribution in [0.1, 0.15) is 53.6 Å². The second-order valence-corrected chi connectivity index (χ2v) is 10.2. The quantitative estimate of drug-likeness (QED) is 0.865. The molecule has 0 bridgehead atoms. The summed E-state index contributed by atoms with van der Waals surface area (Å²) in [7, 11) is -3.38. The molecule has 6 nitrogen and oxygen atoms in total. The average Bonchev–Trinajstić information content (AvgIpc) is 3.02. The second-order valence-electron chi connectivity index (χ2n) is 7.02. The molecule has 140 valence electrons. The maximum Gasteiger partial charge on any atom is 0.282 e. The number of rotatable bonds is 4. The predicted molar refractivity (Wildman–Crippen MR) is 100 cm³/mol. The summed E-state index contributed by atoms with van der Waals surface area (Å²) in [6, 6.07) is 3.90. The molecule has 8 heteroatoms. The van der Waals surface area contributed by atoms with E-state index in [0.29, 0.717) is 32.5 Å². The minimum Gasteiger partial charge on any atom is -0.349 e. The van der Waals surface area contributed by atoms with Crippen LogP contribution in [0.4, 0.5) is 0 Å². The van der Waals surface area contributed by atoms with E-state index >= 15 is 0 Å². The van der Waals surface area contributed by atoms with Crippen LogP contribution in [0.2, 0.25) is 0 Å². The van der Waals surface area contributed by atoms with E-state index in [1.807, 2.05) is 26.0 Å². The van der Waals surface area contributed by atoms with E-state index in [4.69, 9.17) is 0 Å².